The predicted octanol–water partition coefficient (Wildman–Crippen LogP) is 3.50. The van der Waals surface area contributed by atoms with E-state index in [-0.39, 0.29) is 0 Å². The summed E-state index contributed by atoms with van der Waals surface area (Å²) in [4.78, 5) is 2.60. The molecular formula is C19H32N2O. The summed E-state index contributed by atoms with van der Waals surface area (Å²) in [5, 5.41) is 0. The van der Waals surface area contributed by atoms with Gasteiger partial charge in [-0.3, -0.25) is 0 Å². The predicted molar refractivity (Wildman–Crippen MR) is 93.4 cm³/mol. The second kappa shape index (κ2) is 8.54. The Labute approximate surface area is 135 Å². The molecule has 1 aromatic carbocycles. The SMILES string of the molecule is CCOc1ccccc1C(CN)C1CCN(CC(C)C)CC1. The minimum absolute atomic E-state index is 0.420. The largest absolute Gasteiger partial charge is 0.494 e. The van der Waals surface area contributed by atoms with E-state index in [9.17, 15) is 0 Å². The summed E-state index contributed by atoms with van der Waals surface area (Å²) < 4.78 is 5.82. The van der Waals surface area contributed by atoms with E-state index >= 15 is 0 Å². The summed E-state index contributed by atoms with van der Waals surface area (Å²) in [6, 6.07) is 8.43. The van der Waals surface area contributed by atoms with Crippen LogP contribution >= 0.6 is 0 Å². The molecule has 1 atom stereocenters. The number of rotatable bonds is 7. The third-order valence-corrected chi connectivity index (χ3v) is 4.70. The first-order chi connectivity index (χ1) is 10.7. The number of hydrogen-bond donors (Lipinski definition) is 1. The van der Waals surface area contributed by atoms with Crippen molar-refractivity contribution in [3.63, 3.8) is 0 Å². The number of nitrogens with zero attached hydrogens (tertiary/aromatic N) is 1. The van der Waals surface area contributed by atoms with E-state index in [1.807, 2.05) is 13.0 Å². The number of nitrogens with two attached hydrogens (primary N) is 1. The van der Waals surface area contributed by atoms with Gasteiger partial charge < -0.3 is 15.4 Å². The zero-order valence-electron chi connectivity index (χ0n) is 14.4. The van der Waals surface area contributed by atoms with Crippen molar-refractivity contribution in [1.82, 2.24) is 4.90 Å². The molecule has 2 N–H and O–H groups in total. The van der Waals surface area contributed by atoms with Gasteiger partial charge in [0, 0.05) is 12.5 Å². The van der Waals surface area contributed by atoms with Gasteiger partial charge in [-0.25, -0.2) is 0 Å². The highest BCUT2D eigenvalue weighted by Gasteiger charge is 2.28. The molecule has 1 aliphatic rings. The zero-order chi connectivity index (χ0) is 15.9. The van der Waals surface area contributed by atoms with E-state index in [0.29, 0.717) is 25.0 Å². The minimum atomic E-state index is 0.420. The molecule has 3 heteroatoms. The molecule has 1 fully saturated rings. The zero-order valence-corrected chi connectivity index (χ0v) is 14.4. The Bertz CT molecular complexity index is 439. The van der Waals surface area contributed by atoms with Crippen molar-refractivity contribution in [2.24, 2.45) is 17.6 Å². The fourth-order valence-electron chi connectivity index (χ4n) is 3.70. The molecule has 0 aromatic heterocycles. The third kappa shape index (κ3) is 4.47. The Morgan fingerprint density at radius 1 is 1.23 bits per heavy atom. The number of likely N-dealkylation sites (tertiary alicyclic amines) is 1. The molecule has 0 aliphatic carbocycles. The maximum absolute atomic E-state index is 6.15. The van der Waals surface area contributed by atoms with Gasteiger partial charge in [-0.2, -0.15) is 0 Å². The molecule has 22 heavy (non-hydrogen) atoms. The molecular weight excluding hydrogens is 272 g/mol. The van der Waals surface area contributed by atoms with Crippen molar-refractivity contribution in [2.75, 3.05) is 32.8 Å². The fraction of sp³-hybridized carbons (Fsp3) is 0.684. The normalized spacial score (nSPS) is 18.6. The standard InChI is InChI=1S/C19H32N2O/c1-4-22-19-8-6-5-7-17(19)18(13-20)16-9-11-21(12-10-16)14-15(2)3/h5-8,15-16,18H,4,9-14,20H2,1-3H3. The van der Waals surface area contributed by atoms with Crippen LogP contribution in [0.4, 0.5) is 0 Å². The van der Waals surface area contributed by atoms with Gasteiger partial charge in [0.1, 0.15) is 5.75 Å². The minimum Gasteiger partial charge on any atom is -0.494 e. The van der Waals surface area contributed by atoms with Crippen molar-refractivity contribution < 1.29 is 4.74 Å². The average Bonchev–Trinajstić information content (AvgIpc) is 2.51. The highest BCUT2D eigenvalue weighted by Crippen LogP contribution is 2.36. The van der Waals surface area contributed by atoms with Crippen molar-refractivity contribution in [1.29, 1.82) is 0 Å². The van der Waals surface area contributed by atoms with Crippen LogP contribution in [0.2, 0.25) is 0 Å². The van der Waals surface area contributed by atoms with Crippen LogP contribution < -0.4 is 10.5 Å². The van der Waals surface area contributed by atoms with Crippen LogP contribution in [0.1, 0.15) is 45.1 Å². The summed E-state index contributed by atoms with van der Waals surface area (Å²) in [6.07, 6.45) is 2.49. The van der Waals surface area contributed by atoms with Gasteiger partial charge in [0.15, 0.2) is 0 Å². The van der Waals surface area contributed by atoms with Crippen molar-refractivity contribution in [3.8, 4) is 5.75 Å². The Balaban J connectivity index is 2.04. The highest BCUT2D eigenvalue weighted by molar-refractivity contribution is 5.37. The Kier molecular flexibility index (Phi) is 6.71. The summed E-state index contributed by atoms with van der Waals surface area (Å²) in [5.41, 5.74) is 7.45. The Morgan fingerprint density at radius 2 is 1.91 bits per heavy atom. The van der Waals surface area contributed by atoms with Crippen LogP contribution in [-0.2, 0) is 0 Å². The van der Waals surface area contributed by atoms with Crippen LogP contribution in [0, 0.1) is 11.8 Å². The monoisotopic (exact) mass is 304 g/mol. The molecule has 1 saturated heterocycles. The highest BCUT2D eigenvalue weighted by atomic mass is 16.5. The van der Waals surface area contributed by atoms with Crippen molar-refractivity contribution in [2.45, 2.75) is 39.5 Å². The number of ether oxygens (including phenoxy) is 1. The lowest BCUT2D eigenvalue weighted by molar-refractivity contribution is 0.154. The van der Waals surface area contributed by atoms with Gasteiger partial charge in [-0.05, 0) is 62.9 Å². The lowest BCUT2D eigenvalue weighted by Crippen LogP contribution is -2.38. The fourth-order valence-corrected chi connectivity index (χ4v) is 3.70. The van der Waals surface area contributed by atoms with Gasteiger partial charge >= 0.3 is 0 Å². The van der Waals surface area contributed by atoms with Crippen LogP contribution in [-0.4, -0.2) is 37.7 Å². The van der Waals surface area contributed by atoms with Gasteiger partial charge in [0.25, 0.3) is 0 Å². The van der Waals surface area contributed by atoms with Crippen molar-refractivity contribution in [3.05, 3.63) is 29.8 Å². The van der Waals surface area contributed by atoms with Crippen LogP contribution in [0.15, 0.2) is 24.3 Å². The molecule has 1 heterocycles. The molecule has 1 aromatic rings. The van der Waals surface area contributed by atoms with Gasteiger partial charge in [0.05, 0.1) is 6.61 Å². The van der Waals surface area contributed by atoms with E-state index in [2.05, 4.69) is 36.9 Å². The molecule has 2 rings (SSSR count). The lowest BCUT2D eigenvalue weighted by Gasteiger charge is -2.37. The number of hydrogen-bond acceptors (Lipinski definition) is 3. The summed E-state index contributed by atoms with van der Waals surface area (Å²) in [6.45, 7) is 11.7. The first kappa shape index (κ1) is 17.3. The van der Waals surface area contributed by atoms with Gasteiger partial charge in [0.2, 0.25) is 0 Å². The molecule has 0 bridgehead atoms. The molecule has 1 aliphatic heterocycles. The first-order valence-corrected chi connectivity index (χ1v) is 8.79. The number of benzene rings is 1. The first-order valence-electron chi connectivity index (χ1n) is 8.79. The van der Waals surface area contributed by atoms with Crippen LogP contribution in [0.3, 0.4) is 0 Å². The smallest absolute Gasteiger partial charge is 0.122 e. The van der Waals surface area contributed by atoms with E-state index in [1.54, 1.807) is 0 Å². The second-order valence-electron chi connectivity index (χ2n) is 6.84. The van der Waals surface area contributed by atoms with E-state index in [0.717, 1.165) is 11.7 Å². The summed E-state index contributed by atoms with van der Waals surface area (Å²) in [7, 11) is 0. The van der Waals surface area contributed by atoms with Crippen molar-refractivity contribution >= 4 is 0 Å². The van der Waals surface area contributed by atoms with E-state index in [1.165, 1.54) is 38.0 Å². The summed E-state index contributed by atoms with van der Waals surface area (Å²) in [5.74, 6) is 2.87. The van der Waals surface area contributed by atoms with E-state index < -0.39 is 0 Å². The van der Waals surface area contributed by atoms with Gasteiger partial charge in [-0.15, -0.1) is 0 Å². The molecule has 3 nitrogen and oxygen atoms in total. The Hall–Kier alpha value is -1.06. The summed E-state index contributed by atoms with van der Waals surface area (Å²) >= 11 is 0. The molecule has 0 spiro atoms. The van der Waals surface area contributed by atoms with Gasteiger partial charge in [-0.1, -0.05) is 32.0 Å². The van der Waals surface area contributed by atoms with E-state index in [4.69, 9.17) is 10.5 Å². The molecule has 124 valence electrons. The number of para-hydroxylation sites is 1. The van der Waals surface area contributed by atoms with Crippen LogP contribution in [0.25, 0.3) is 0 Å². The third-order valence-electron chi connectivity index (χ3n) is 4.70. The molecule has 0 amide bonds. The average molecular weight is 304 g/mol. The maximum Gasteiger partial charge on any atom is 0.122 e. The topological polar surface area (TPSA) is 38.5 Å². The molecule has 1 unspecified atom stereocenters. The molecule has 0 radical (unpaired) electrons. The maximum atomic E-state index is 6.15. The lowest BCUT2D eigenvalue weighted by atomic mass is 9.79. The Morgan fingerprint density at radius 3 is 2.50 bits per heavy atom. The molecule has 0 saturated carbocycles. The second-order valence-corrected chi connectivity index (χ2v) is 6.84. The quantitative estimate of drug-likeness (QED) is 0.838. The number of piperidine rings is 1. The van der Waals surface area contributed by atoms with Crippen LogP contribution in [0.5, 0.6) is 5.75 Å².